The second kappa shape index (κ2) is 5.51. The Morgan fingerprint density at radius 2 is 2.31 bits per heavy atom. The number of ether oxygens (including phenoxy) is 1. The van der Waals surface area contributed by atoms with Gasteiger partial charge in [0.2, 0.25) is 5.71 Å². The van der Waals surface area contributed by atoms with Crippen molar-refractivity contribution in [3.05, 3.63) is 29.8 Å². The van der Waals surface area contributed by atoms with E-state index in [1.165, 1.54) is 7.11 Å². The second-order valence-corrected chi connectivity index (χ2v) is 3.05. The topological polar surface area (TPSA) is 74.5 Å². The van der Waals surface area contributed by atoms with Gasteiger partial charge in [0.1, 0.15) is 6.07 Å². The number of nitriles is 1. The van der Waals surface area contributed by atoms with Crippen LogP contribution in [0.2, 0.25) is 0 Å². The van der Waals surface area contributed by atoms with Gasteiger partial charge >= 0.3 is 5.97 Å². The lowest BCUT2D eigenvalue weighted by Crippen LogP contribution is -2.15. The largest absolute Gasteiger partial charge is 0.464 e. The molecule has 0 spiro atoms. The number of aryl methyl sites for hydroxylation is 1. The third kappa shape index (κ3) is 3.10. The summed E-state index contributed by atoms with van der Waals surface area (Å²) in [5.74, 6) is -0.761. The van der Waals surface area contributed by atoms with E-state index in [2.05, 4.69) is 15.3 Å². The number of rotatable bonds is 3. The first kappa shape index (κ1) is 11.7. The number of hydrogen-bond donors (Lipinski definition) is 1. The number of anilines is 1. The van der Waals surface area contributed by atoms with Crippen molar-refractivity contribution in [2.24, 2.45) is 5.10 Å². The van der Waals surface area contributed by atoms with Crippen molar-refractivity contribution in [3.63, 3.8) is 0 Å². The van der Waals surface area contributed by atoms with Gasteiger partial charge in [-0.15, -0.1) is 0 Å². The number of benzene rings is 1. The molecule has 16 heavy (non-hydrogen) atoms. The molecule has 1 N–H and O–H groups in total. The predicted molar refractivity (Wildman–Crippen MR) is 59.9 cm³/mol. The maximum atomic E-state index is 11.0. The first-order chi connectivity index (χ1) is 7.67. The maximum Gasteiger partial charge on any atom is 0.369 e. The van der Waals surface area contributed by atoms with E-state index in [4.69, 9.17) is 5.26 Å². The highest BCUT2D eigenvalue weighted by molar-refractivity contribution is 6.43. The van der Waals surface area contributed by atoms with Gasteiger partial charge in [0.25, 0.3) is 0 Å². The zero-order chi connectivity index (χ0) is 12.0. The smallest absolute Gasteiger partial charge is 0.369 e. The van der Waals surface area contributed by atoms with Crippen LogP contribution in [0, 0.1) is 18.3 Å². The van der Waals surface area contributed by atoms with E-state index in [9.17, 15) is 4.79 Å². The first-order valence-corrected chi connectivity index (χ1v) is 4.56. The quantitative estimate of drug-likeness (QED) is 0.472. The van der Waals surface area contributed by atoms with Crippen molar-refractivity contribution in [2.45, 2.75) is 6.92 Å². The molecule has 0 amide bonds. The molecule has 1 aromatic rings. The van der Waals surface area contributed by atoms with Crippen molar-refractivity contribution < 1.29 is 9.53 Å². The Kier molecular flexibility index (Phi) is 4.04. The molecule has 0 saturated heterocycles. The number of esters is 1. The van der Waals surface area contributed by atoms with Crippen LogP contribution >= 0.6 is 0 Å². The average molecular weight is 217 g/mol. The Morgan fingerprint density at radius 1 is 1.56 bits per heavy atom. The van der Waals surface area contributed by atoms with Gasteiger partial charge in [0.15, 0.2) is 0 Å². The monoisotopic (exact) mass is 217 g/mol. The molecule has 0 unspecified atom stereocenters. The van der Waals surface area contributed by atoms with Crippen LogP contribution in [0.1, 0.15) is 5.56 Å². The molecule has 0 aliphatic heterocycles. The third-order valence-corrected chi connectivity index (χ3v) is 1.80. The average Bonchev–Trinajstić information content (AvgIpc) is 2.29. The first-order valence-electron chi connectivity index (χ1n) is 4.56. The number of methoxy groups -OCH3 is 1. The highest BCUT2D eigenvalue weighted by atomic mass is 16.5. The van der Waals surface area contributed by atoms with Gasteiger partial charge in [0.05, 0.1) is 12.8 Å². The highest BCUT2D eigenvalue weighted by Crippen LogP contribution is 2.09. The van der Waals surface area contributed by atoms with Gasteiger partial charge in [-0.2, -0.15) is 10.4 Å². The number of nitrogens with one attached hydrogen (secondary N) is 1. The summed E-state index contributed by atoms with van der Waals surface area (Å²) in [7, 11) is 1.20. The molecule has 5 heteroatoms. The molecule has 1 rings (SSSR count). The maximum absolute atomic E-state index is 11.0. The Morgan fingerprint density at radius 3 is 2.88 bits per heavy atom. The van der Waals surface area contributed by atoms with Crippen molar-refractivity contribution in [1.82, 2.24) is 0 Å². The fourth-order valence-corrected chi connectivity index (χ4v) is 1.05. The van der Waals surface area contributed by atoms with Gasteiger partial charge in [-0.05, 0) is 24.6 Å². The number of hydrazone groups is 1. The summed E-state index contributed by atoms with van der Waals surface area (Å²) >= 11 is 0. The molecule has 0 aliphatic rings. The second-order valence-electron chi connectivity index (χ2n) is 3.05. The fourth-order valence-electron chi connectivity index (χ4n) is 1.05. The molecule has 0 aliphatic carbocycles. The number of carbonyl (C=O) groups excluding carboxylic acids is 1. The Labute approximate surface area is 93.3 Å². The molecule has 0 fully saturated rings. The van der Waals surface area contributed by atoms with Crippen molar-refractivity contribution in [1.29, 1.82) is 5.26 Å². The minimum absolute atomic E-state index is 0.316. The normalized spacial score (nSPS) is 10.4. The summed E-state index contributed by atoms with van der Waals surface area (Å²) in [6, 6.07) is 9.05. The minimum Gasteiger partial charge on any atom is -0.464 e. The molecular weight excluding hydrogens is 206 g/mol. The predicted octanol–water partition coefficient (Wildman–Crippen LogP) is 1.46. The summed E-state index contributed by atoms with van der Waals surface area (Å²) in [5.41, 5.74) is 4.06. The van der Waals surface area contributed by atoms with Crippen LogP contribution in [0.4, 0.5) is 5.69 Å². The van der Waals surface area contributed by atoms with E-state index in [-0.39, 0.29) is 5.71 Å². The van der Waals surface area contributed by atoms with Crippen molar-refractivity contribution in [2.75, 3.05) is 12.5 Å². The molecular formula is C11H11N3O2. The number of nitrogens with zero attached hydrogens (tertiary/aromatic N) is 2. The summed E-state index contributed by atoms with van der Waals surface area (Å²) in [6.45, 7) is 1.93. The lowest BCUT2D eigenvalue weighted by molar-refractivity contribution is -0.132. The summed E-state index contributed by atoms with van der Waals surface area (Å²) in [6.07, 6.45) is 0. The summed E-state index contributed by atoms with van der Waals surface area (Å²) in [5, 5.41) is 12.3. The molecule has 0 heterocycles. The molecule has 0 aromatic heterocycles. The molecule has 5 nitrogen and oxygen atoms in total. The lowest BCUT2D eigenvalue weighted by atomic mass is 10.2. The molecule has 0 saturated carbocycles. The minimum atomic E-state index is -0.761. The number of hydrogen-bond acceptors (Lipinski definition) is 5. The van der Waals surface area contributed by atoms with Crippen LogP contribution in [-0.2, 0) is 9.53 Å². The van der Waals surface area contributed by atoms with Gasteiger partial charge in [-0.25, -0.2) is 4.79 Å². The number of carbonyl (C=O) groups is 1. The molecule has 82 valence electrons. The van der Waals surface area contributed by atoms with E-state index in [1.54, 1.807) is 12.1 Å². The molecule has 0 radical (unpaired) electrons. The summed E-state index contributed by atoms with van der Waals surface area (Å²) in [4.78, 5) is 11.0. The van der Waals surface area contributed by atoms with Crippen LogP contribution in [0.3, 0.4) is 0 Å². The van der Waals surface area contributed by atoms with Gasteiger partial charge in [-0.3, -0.25) is 5.43 Å². The Balaban J connectivity index is 2.79. The molecule has 1 aromatic carbocycles. The van der Waals surface area contributed by atoms with Gasteiger partial charge < -0.3 is 4.74 Å². The standard InChI is InChI=1S/C11H11N3O2/c1-8-4-3-5-9(6-8)13-14-10(7-12)11(15)16-2/h3-6,13H,1-2H3. The van der Waals surface area contributed by atoms with E-state index in [1.807, 2.05) is 25.1 Å². The zero-order valence-corrected chi connectivity index (χ0v) is 9.02. The van der Waals surface area contributed by atoms with Crippen LogP contribution in [0.25, 0.3) is 0 Å². The Bertz CT molecular complexity index is 461. The van der Waals surface area contributed by atoms with E-state index < -0.39 is 5.97 Å². The fraction of sp³-hybridized carbons (Fsp3) is 0.182. The van der Waals surface area contributed by atoms with Gasteiger partial charge in [0, 0.05) is 0 Å². The van der Waals surface area contributed by atoms with Crippen LogP contribution in [0.5, 0.6) is 0 Å². The van der Waals surface area contributed by atoms with E-state index >= 15 is 0 Å². The van der Waals surface area contributed by atoms with E-state index in [0.717, 1.165) is 5.56 Å². The van der Waals surface area contributed by atoms with Crippen molar-refractivity contribution >= 4 is 17.4 Å². The highest BCUT2D eigenvalue weighted by Gasteiger charge is 2.10. The van der Waals surface area contributed by atoms with Gasteiger partial charge in [-0.1, -0.05) is 12.1 Å². The SMILES string of the molecule is COC(=O)C(C#N)=NNc1cccc(C)c1. The van der Waals surface area contributed by atoms with Crippen molar-refractivity contribution in [3.8, 4) is 6.07 Å². The molecule has 0 bridgehead atoms. The lowest BCUT2D eigenvalue weighted by Gasteiger charge is -2.01. The van der Waals surface area contributed by atoms with Crippen LogP contribution < -0.4 is 5.43 Å². The third-order valence-electron chi connectivity index (χ3n) is 1.80. The van der Waals surface area contributed by atoms with E-state index in [0.29, 0.717) is 5.69 Å². The zero-order valence-electron chi connectivity index (χ0n) is 9.02. The van der Waals surface area contributed by atoms with Crippen LogP contribution in [0.15, 0.2) is 29.4 Å². The molecule has 0 atom stereocenters. The van der Waals surface area contributed by atoms with Crippen LogP contribution in [-0.4, -0.2) is 18.8 Å². The summed E-state index contributed by atoms with van der Waals surface area (Å²) < 4.78 is 4.38. The Hall–Kier alpha value is -2.35.